The van der Waals surface area contributed by atoms with Crippen LogP contribution in [0.25, 0.3) is 0 Å². The molecule has 0 fully saturated rings. The lowest BCUT2D eigenvalue weighted by molar-refractivity contribution is 0.293. The molecule has 5 heteroatoms. The van der Waals surface area contributed by atoms with Gasteiger partial charge in [-0.25, -0.2) is 4.98 Å². The van der Waals surface area contributed by atoms with Crippen molar-refractivity contribution in [1.29, 1.82) is 5.41 Å². The number of ether oxygens (including phenoxy) is 2. The maximum atomic E-state index is 7.35. The number of nitrogens with one attached hydrogen (secondary N) is 1. The van der Waals surface area contributed by atoms with E-state index in [1.165, 1.54) is 0 Å². The lowest BCUT2D eigenvalue weighted by Gasteiger charge is -2.07. The largest absolute Gasteiger partial charge is 0.497 e. The molecule has 0 spiro atoms. The zero-order chi connectivity index (χ0) is 13.7. The topological polar surface area (TPSA) is 81.2 Å². The Balaban J connectivity index is 2.01. The molecule has 3 N–H and O–H groups in total. The van der Waals surface area contributed by atoms with E-state index in [1.807, 2.05) is 24.3 Å². The highest BCUT2D eigenvalue weighted by molar-refractivity contribution is 5.95. The number of aromatic nitrogens is 1. The lowest BCUT2D eigenvalue weighted by Crippen LogP contribution is -2.11. The normalized spacial score (nSPS) is 9.95. The number of amidine groups is 1. The first kappa shape index (κ1) is 12.9. The van der Waals surface area contributed by atoms with Gasteiger partial charge in [-0.15, -0.1) is 0 Å². The molecule has 2 aromatic rings. The molecule has 0 aliphatic carbocycles. The fourth-order valence-corrected chi connectivity index (χ4v) is 1.53. The molecular weight excluding hydrogens is 242 g/mol. The van der Waals surface area contributed by atoms with Crippen LogP contribution in [0.2, 0.25) is 0 Å². The molecule has 0 atom stereocenters. The Kier molecular flexibility index (Phi) is 3.97. The second kappa shape index (κ2) is 5.86. The van der Waals surface area contributed by atoms with Crippen LogP contribution in [0.3, 0.4) is 0 Å². The predicted molar refractivity (Wildman–Crippen MR) is 72.6 cm³/mol. The van der Waals surface area contributed by atoms with Crippen molar-refractivity contribution in [2.75, 3.05) is 7.11 Å². The van der Waals surface area contributed by atoms with Crippen molar-refractivity contribution in [3.8, 4) is 11.6 Å². The number of nitrogens with two attached hydrogens (primary N) is 1. The smallest absolute Gasteiger partial charge is 0.214 e. The van der Waals surface area contributed by atoms with E-state index in [-0.39, 0.29) is 5.84 Å². The van der Waals surface area contributed by atoms with Crippen molar-refractivity contribution in [2.45, 2.75) is 6.61 Å². The van der Waals surface area contributed by atoms with Gasteiger partial charge in [-0.1, -0.05) is 12.1 Å². The molecule has 1 aromatic carbocycles. The first-order valence-corrected chi connectivity index (χ1v) is 5.75. The van der Waals surface area contributed by atoms with Gasteiger partial charge in [-0.3, -0.25) is 5.41 Å². The summed E-state index contributed by atoms with van der Waals surface area (Å²) in [6.07, 6.45) is 1.57. The molecule has 2 rings (SSSR count). The molecule has 0 saturated heterocycles. The van der Waals surface area contributed by atoms with Gasteiger partial charge in [0.2, 0.25) is 5.88 Å². The molecule has 0 amide bonds. The van der Waals surface area contributed by atoms with Crippen LogP contribution in [-0.4, -0.2) is 17.9 Å². The number of pyridine rings is 1. The van der Waals surface area contributed by atoms with Crippen LogP contribution in [0.5, 0.6) is 11.6 Å². The molecular formula is C14H15N3O2. The summed E-state index contributed by atoms with van der Waals surface area (Å²) in [5.41, 5.74) is 7.01. The van der Waals surface area contributed by atoms with Gasteiger partial charge in [-0.05, 0) is 23.8 Å². The minimum atomic E-state index is -0.00306. The zero-order valence-electron chi connectivity index (χ0n) is 10.6. The Morgan fingerprint density at radius 1 is 1.26 bits per heavy atom. The summed E-state index contributed by atoms with van der Waals surface area (Å²) in [5.74, 6) is 1.25. The van der Waals surface area contributed by atoms with Crippen molar-refractivity contribution in [3.63, 3.8) is 0 Å². The van der Waals surface area contributed by atoms with Crippen LogP contribution in [0.15, 0.2) is 42.6 Å². The second-order valence-electron chi connectivity index (χ2n) is 3.93. The summed E-state index contributed by atoms with van der Waals surface area (Å²) in [4.78, 5) is 4.07. The molecule has 1 aromatic heterocycles. The molecule has 0 saturated carbocycles. The summed E-state index contributed by atoms with van der Waals surface area (Å²) in [7, 11) is 1.63. The van der Waals surface area contributed by atoms with Gasteiger partial charge in [-0.2, -0.15) is 0 Å². The number of methoxy groups -OCH3 is 1. The van der Waals surface area contributed by atoms with E-state index in [0.29, 0.717) is 18.1 Å². The van der Waals surface area contributed by atoms with E-state index in [2.05, 4.69) is 4.98 Å². The zero-order valence-corrected chi connectivity index (χ0v) is 10.6. The number of hydrogen-bond donors (Lipinski definition) is 2. The molecule has 19 heavy (non-hydrogen) atoms. The monoisotopic (exact) mass is 257 g/mol. The van der Waals surface area contributed by atoms with Crippen LogP contribution in [0.4, 0.5) is 0 Å². The molecule has 0 radical (unpaired) electrons. The van der Waals surface area contributed by atoms with Gasteiger partial charge in [0, 0.05) is 17.8 Å². The van der Waals surface area contributed by atoms with Gasteiger partial charge >= 0.3 is 0 Å². The third kappa shape index (κ3) is 3.45. The standard InChI is InChI=1S/C14H15N3O2/c1-18-12-4-2-10(3-5-12)9-19-13-8-11(14(15)16)6-7-17-13/h2-8H,9H2,1H3,(H3,15,16). The minimum Gasteiger partial charge on any atom is -0.497 e. The Morgan fingerprint density at radius 3 is 2.63 bits per heavy atom. The van der Waals surface area contributed by atoms with Crippen molar-refractivity contribution in [3.05, 3.63) is 53.7 Å². The summed E-state index contributed by atoms with van der Waals surface area (Å²) >= 11 is 0. The molecule has 0 bridgehead atoms. The van der Waals surface area contributed by atoms with Gasteiger partial charge < -0.3 is 15.2 Å². The molecule has 5 nitrogen and oxygen atoms in total. The highest BCUT2D eigenvalue weighted by Gasteiger charge is 2.01. The van der Waals surface area contributed by atoms with Crippen molar-refractivity contribution >= 4 is 5.84 Å². The molecule has 1 heterocycles. The molecule has 0 aliphatic heterocycles. The first-order chi connectivity index (χ1) is 9.19. The Bertz CT molecular complexity index is 567. The number of hydrogen-bond acceptors (Lipinski definition) is 4. The average molecular weight is 257 g/mol. The predicted octanol–water partition coefficient (Wildman–Crippen LogP) is 1.95. The number of nitrogens with zero attached hydrogens (tertiary/aromatic N) is 1. The van der Waals surface area contributed by atoms with Crippen molar-refractivity contribution in [1.82, 2.24) is 4.98 Å². The maximum Gasteiger partial charge on any atom is 0.214 e. The van der Waals surface area contributed by atoms with Gasteiger partial charge in [0.25, 0.3) is 0 Å². The lowest BCUT2D eigenvalue weighted by atomic mass is 10.2. The molecule has 0 unspecified atom stereocenters. The third-order valence-electron chi connectivity index (χ3n) is 2.59. The highest BCUT2D eigenvalue weighted by atomic mass is 16.5. The Labute approximate surface area is 111 Å². The third-order valence-corrected chi connectivity index (χ3v) is 2.59. The minimum absolute atomic E-state index is 0.00306. The highest BCUT2D eigenvalue weighted by Crippen LogP contribution is 2.14. The Hall–Kier alpha value is -2.56. The van der Waals surface area contributed by atoms with Crippen LogP contribution < -0.4 is 15.2 Å². The van der Waals surface area contributed by atoms with Gasteiger partial charge in [0.15, 0.2) is 0 Å². The molecule has 0 aliphatic rings. The fourth-order valence-electron chi connectivity index (χ4n) is 1.53. The van der Waals surface area contributed by atoms with Crippen molar-refractivity contribution in [2.24, 2.45) is 5.73 Å². The summed E-state index contributed by atoms with van der Waals surface area (Å²) in [6, 6.07) is 10.9. The van der Waals surface area contributed by atoms with Crippen molar-refractivity contribution < 1.29 is 9.47 Å². The number of nitrogen functional groups attached to an aromatic ring is 1. The van der Waals surface area contributed by atoms with E-state index in [1.54, 1.807) is 25.4 Å². The van der Waals surface area contributed by atoms with Crippen LogP contribution >= 0.6 is 0 Å². The van der Waals surface area contributed by atoms with Gasteiger partial charge in [0.05, 0.1) is 7.11 Å². The van der Waals surface area contributed by atoms with Crippen LogP contribution in [0, 0.1) is 5.41 Å². The fraction of sp³-hybridized carbons (Fsp3) is 0.143. The average Bonchev–Trinajstić information content (AvgIpc) is 2.46. The SMILES string of the molecule is COc1ccc(COc2cc(C(=N)N)ccn2)cc1. The Morgan fingerprint density at radius 2 is 2.00 bits per heavy atom. The van der Waals surface area contributed by atoms with Crippen LogP contribution in [-0.2, 0) is 6.61 Å². The quantitative estimate of drug-likeness (QED) is 0.633. The van der Waals surface area contributed by atoms with Crippen LogP contribution in [0.1, 0.15) is 11.1 Å². The number of benzene rings is 1. The first-order valence-electron chi connectivity index (χ1n) is 5.75. The van der Waals surface area contributed by atoms with E-state index in [4.69, 9.17) is 20.6 Å². The maximum absolute atomic E-state index is 7.35. The summed E-state index contributed by atoms with van der Waals surface area (Å²) in [6.45, 7) is 0.401. The second-order valence-corrected chi connectivity index (χ2v) is 3.93. The van der Waals surface area contributed by atoms with Gasteiger partial charge in [0.1, 0.15) is 18.2 Å². The van der Waals surface area contributed by atoms with E-state index < -0.39 is 0 Å². The molecule has 98 valence electrons. The van der Waals surface area contributed by atoms with E-state index in [9.17, 15) is 0 Å². The van der Waals surface area contributed by atoms with E-state index >= 15 is 0 Å². The van der Waals surface area contributed by atoms with E-state index in [0.717, 1.165) is 11.3 Å². The summed E-state index contributed by atoms with van der Waals surface area (Å²) < 4.78 is 10.6. The summed E-state index contributed by atoms with van der Waals surface area (Å²) in [5, 5.41) is 7.35. The number of rotatable bonds is 5.